The molecule has 1 aromatic heterocycles. The summed E-state index contributed by atoms with van der Waals surface area (Å²) >= 11 is 0. The van der Waals surface area contributed by atoms with E-state index >= 15 is 0 Å². The quantitative estimate of drug-likeness (QED) is 0.667. The smallest absolute Gasteiger partial charge is 0.314 e. The van der Waals surface area contributed by atoms with E-state index < -0.39 is 4.92 Å². The molecule has 1 heterocycles. The molecular formula is C13H14N4O4. The minimum atomic E-state index is -0.530. The fourth-order valence-corrected chi connectivity index (χ4v) is 1.78. The van der Waals surface area contributed by atoms with E-state index in [0.717, 1.165) is 0 Å². The van der Waals surface area contributed by atoms with E-state index in [9.17, 15) is 10.1 Å². The number of aromatic nitrogens is 2. The normalized spacial score (nSPS) is 10.0. The number of nitrogens with one attached hydrogen (secondary N) is 1. The number of nitrogens with zero attached hydrogens (tertiary/aromatic N) is 3. The van der Waals surface area contributed by atoms with Crippen LogP contribution < -0.4 is 14.8 Å². The zero-order valence-corrected chi connectivity index (χ0v) is 11.8. The zero-order chi connectivity index (χ0) is 15.4. The summed E-state index contributed by atoms with van der Waals surface area (Å²) < 4.78 is 10.5. The lowest BCUT2D eigenvalue weighted by atomic mass is 10.2. The van der Waals surface area contributed by atoms with Crippen LogP contribution in [0.1, 0.15) is 5.56 Å². The van der Waals surface area contributed by atoms with Crippen molar-refractivity contribution < 1.29 is 14.4 Å². The molecule has 0 atom stereocenters. The van der Waals surface area contributed by atoms with Gasteiger partial charge >= 0.3 is 5.69 Å². The van der Waals surface area contributed by atoms with Crippen molar-refractivity contribution in [1.82, 2.24) is 9.97 Å². The van der Waals surface area contributed by atoms with Crippen LogP contribution >= 0.6 is 0 Å². The van der Waals surface area contributed by atoms with Crippen molar-refractivity contribution in [3.05, 3.63) is 40.2 Å². The second-order valence-corrected chi connectivity index (χ2v) is 4.10. The highest BCUT2D eigenvalue weighted by Gasteiger charge is 2.17. The van der Waals surface area contributed by atoms with Crippen LogP contribution in [0.3, 0.4) is 0 Å². The molecule has 0 fully saturated rings. The van der Waals surface area contributed by atoms with Gasteiger partial charge in [0.25, 0.3) is 0 Å². The SMILES string of the molecule is CNc1ncnc(Oc2ccc(OC)c([N+](=O)[O-])c2)c1C. The fourth-order valence-electron chi connectivity index (χ4n) is 1.78. The van der Waals surface area contributed by atoms with E-state index in [1.165, 1.54) is 25.6 Å². The van der Waals surface area contributed by atoms with Gasteiger partial charge in [-0.25, -0.2) is 9.97 Å². The minimum Gasteiger partial charge on any atom is -0.490 e. The Morgan fingerprint density at radius 1 is 1.33 bits per heavy atom. The van der Waals surface area contributed by atoms with Gasteiger partial charge < -0.3 is 14.8 Å². The zero-order valence-electron chi connectivity index (χ0n) is 11.8. The summed E-state index contributed by atoms with van der Waals surface area (Å²) in [6.07, 6.45) is 1.35. The Morgan fingerprint density at radius 3 is 2.71 bits per heavy atom. The molecule has 0 spiro atoms. The predicted molar refractivity (Wildman–Crippen MR) is 76.0 cm³/mol. The first-order valence-corrected chi connectivity index (χ1v) is 6.06. The molecule has 0 saturated carbocycles. The van der Waals surface area contributed by atoms with Gasteiger partial charge in [0.15, 0.2) is 5.75 Å². The molecule has 0 aliphatic carbocycles. The van der Waals surface area contributed by atoms with Crippen LogP contribution in [-0.2, 0) is 0 Å². The van der Waals surface area contributed by atoms with Crippen molar-refractivity contribution in [2.75, 3.05) is 19.5 Å². The van der Waals surface area contributed by atoms with E-state index in [-0.39, 0.29) is 11.4 Å². The maximum Gasteiger partial charge on any atom is 0.314 e. The van der Waals surface area contributed by atoms with Crippen LogP contribution in [0.4, 0.5) is 11.5 Å². The third-order valence-electron chi connectivity index (χ3n) is 2.84. The first kappa shape index (κ1) is 14.5. The van der Waals surface area contributed by atoms with Crippen LogP contribution in [-0.4, -0.2) is 29.0 Å². The van der Waals surface area contributed by atoms with Gasteiger partial charge in [-0.3, -0.25) is 10.1 Å². The number of nitro groups is 1. The molecule has 0 bridgehead atoms. The Kier molecular flexibility index (Phi) is 4.17. The standard InChI is InChI=1S/C13H14N4O4/c1-8-12(14-2)15-7-16-13(8)21-9-4-5-11(20-3)10(6-9)17(18)19/h4-7H,1-3H3,(H,14,15,16). The Hall–Kier alpha value is -2.90. The van der Waals surface area contributed by atoms with E-state index in [2.05, 4.69) is 15.3 Å². The van der Waals surface area contributed by atoms with E-state index in [0.29, 0.717) is 23.0 Å². The van der Waals surface area contributed by atoms with Crippen molar-refractivity contribution in [1.29, 1.82) is 0 Å². The van der Waals surface area contributed by atoms with Crippen molar-refractivity contribution >= 4 is 11.5 Å². The second kappa shape index (κ2) is 6.04. The van der Waals surface area contributed by atoms with Gasteiger partial charge in [-0.2, -0.15) is 0 Å². The molecule has 8 heteroatoms. The number of methoxy groups -OCH3 is 1. The molecule has 0 unspecified atom stereocenters. The molecule has 2 rings (SSSR count). The molecule has 1 N–H and O–H groups in total. The van der Waals surface area contributed by atoms with Gasteiger partial charge in [-0.1, -0.05) is 0 Å². The molecule has 0 amide bonds. The molecular weight excluding hydrogens is 276 g/mol. The molecule has 0 radical (unpaired) electrons. The summed E-state index contributed by atoms with van der Waals surface area (Å²) in [6.45, 7) is 1.79. The van der Waals surface area contributed by atoms with Gasteiger partial charge in [0.2, 0.25) is 5.88 Å². The van der Waals surface area contributed by atoms with E-state index in [4.69, 9.17) is 9.47 Å². The molecule has 0 aliphatic heterocycles. The molecule has 2 aromatic rings. The van der Waals surface area contributed by atoms with Crippen LogP contribution in [0, 0.1) is 17.0 Å². The third kappa shape index (κ3) is 2.99. The largest absolute Gasteiger partial charge is 0.490 e. The fraction of sp³-hybridized carbons (Fsp3) is 0.231. The average Bonchev–Trinajstić information content (AvgIpc) is 2.49. The lowest BCUT2D eigenvalue weighted by Crippen LogP contribution is -2.00. The molecule has 1 aromatic carbocycles. The number of hydrogen-bond donors (Lipinski definition) is 1. The maximum absolute atomic E-state index is 11.0. The van der Waals surface area contributed by atoms with Gasteiger partial charge in [0.05, 0.1) is 23.7 Å². The molecule has 21 heavy (non-hydrogen) atoms. The van der Waals surface area contributed by atoms with Gasteiger partial charge in [-0.05, 0) is 19.1 Å². The lowest BCUT2D eigenvalue weighted by Gasteiger charge is -2.10. The first-order chi connectivity index (χ1) is 10.1. The highest BCUT2D eigenvalue weighted by atomic mass is 16.6. The Labute approximate surface area is 120 Å². The number of benzene rings is 1. The molecule has 110 valence electrons. The van der Waals surface area contributed by atoms with E-state index in [1.807, 2.05) is 0 Å². The first-order valence-electron chi connectivity index (χ1n) is 6.06. The number of nitro benzene ring substituents is 1. The number of hydrogen-bond acceptors (Lipinski definition) is 7. The molecule has 8 nitrogen and oxygen atoms in total. The van der Waals surface area contributed by atoms with Crippen LogP contribution in [0.15, 0.2) is 24.5 Å². The minimum absolute atomic E-state index is 0.169. The van der Waals surface area contributed by atoms with Crippen LogP contribution in [0.2, 0.25) is 0 Å². The van der Waals surface area contributed by atoms with Crippen molar-refractivity contribution in [2.24, 2.45) is 0 Å². The highest BCUT2D eigenvalue weighted by molar-refractivity contribution is 5.53. The molecule has 0 saturated heterocycles. The van der Waals surface area contributed by atoms with Gasteiger partial charge in [-0.15, -0.1) is 0 Å². The number of anilines is 1. The summed E-state index contributed by atoms with van der Waals surface area (Å²) in [5, 5.41) is 13.9. The van der Waals surface area contributed by atoms with Crippen LogP contribution in [0.25, 0.3) is 0 Å². The van der Waals surface area contributed by atoms with Crippen molar-refractivity contribution in [3.63, 3.8) is 0 Å². The van der Waals surface area contributed by atoms with Crippen LogP contribution in [0.5, 0.6) is 17.4 Å². The summed E-state index contributed by atoms with van der Waals surface area (Å²) in [6, 6.07) is 4.34. The van der Waals surface area contributed by atoms with Gasteiger partial charge in [0, 0.05) is 7.05 Å². The summed E-state index contributed by atoms with van der Waals surface area (Å²) in [7, 11) is 3.11. The van der Waals surface area contributed by atoms with Crippen molar-refractivity contribution in [3.8, 4) is 17.4 Å². The summed E-state index contributed by atoms with van der Waals surface area (Å²) in [4.78, 5) is 18.5. The second-order valence-electron chi connectivity index (χ2n) is 4.10. The molecule has 0 aliphatic rings. The average molecular weight is 290 g/mol. The van der Waals surface area contributed by atoms with Crippen molar-refractivity contribution in [2.45, 2.75) is 6.92 Å². The Bertz CT molecular complexity index is 675. The number of rotatable bonds is 5. The predicted octanol–water partition coefficient (Wildman–Crippen LogP) is 2.54. The number of ether oxygens (including phenoxy) is 2. The summed E-state index contributed by atoms with van der Waals surface area (Å²) in [5.41, 5.74) is 0.536. The monoisotopic (exact) mass is 290 g/mol. The highest BCUT2D eigenvalue weighted by Crippen LogP contribution is 2.33. The Balaban J connectivity index is 2.36. The topological polar surface area (TPSA) is 99.4 Å². The third-order valence-corrected chi connectivity index (χ3v) is 2.84. The van der Waals surface area contributed by atoms with E-state index in [1.54, 1.807) is 20.0 Å². The maximum atomic E-state index is 11.0. The van der Waals surface area contributed by atoms with Gasteiger partial charge in [0.1, 0.15) is 17.9 Å². The Morgan fingerprint density at radius 2 is 2.10 bits per heavy atom. The lowest BCUT2D eigenvalue weighted by molar-refractivity contribution is -0.385. The summed E-state index contributed by atoms with van der Waals surface area (Å²) in [5.74, 6) is 1.42.